The molecule has 0 aliphatic carbocycles. The van der Waals surface area contributed by atoms with Crippen molar-refractivity contribution in [3.05, 3.63) is 114 Å². The first-order valence-electron chi connectivity index (χ1n) is 14.7. The van der Waals surface area contributed by atoms with Gasteiger partial charge in [-0.05, 0) is 55.3 Å². The van der Waals surface area contributed by atoms with Crippen molar-refractivity contribution in [3.8, 4) is 11.5 Å². The monoisotopic (exact) mass is 894 g/mol. The van der Waals surface area contributed by atoms with Crippen molar-refractivity contribution in [2.75, 3.05) is 31.9 Å². The van der Waals surface area contributed by atoms with E-state index in [2.05, 4.69) is 26.9 Å². The van der Waals surface area contributed by atoms with Crippen LogP contribution in [0.3, 0.4) is 0 Å². The summed E-state index contributed by atoms with van der Waals surface area (Å²) in [6.07, 6.45) is 5.21. The first-order valence-corrected chi connectivity index (χ1v) is 15.0. The van der Waals surface area contributed by atoms with Gasteiger partial charge in [0.15, 0.2) is 11.5 Å². The minimum atomic E-state index is -1.10. The Labute approximate surface area is 271 Å². The largest absolute Gasteiger partial charge is 0.633 e. The summed E-state index contributed by atoms with van der Waals surface area (Å²) in [4.78, 5) is 23.3. The molecule has 0 spiro atoms. The second-order valence-electron chi connectivity index (χ2n) is 10.5. The number of benzene rings is 2. The van der Waals surface area contributed by atoms with Gasteiger partial charge < -0.3 is 40.7 Å². The number of methoxy groups -OCH3 is 1. The van der Waals surface area contributed by atoms with E-state index in [1.807, 2.05) is 59.6 Å². The molecule has 6 rings (SSSR count). The number of fused-ring (bicyclic) bond motifs is 2. The van der Waals surface area contributed by atoms with Crippen LogP contribution in [0.5, 0.6) is 11.5 Å². The molecule has 1 aliphatic rings. The Bertz CT molecular complexity index is 1800. The predicted octanol–water partition coefficient (Wildman–Crippen LogP) is 5.76. The summed E-state index contributed by atoms with van der Waals surface area (Å²) in [5, 5.41) is 9.42. The van der Waals surface area contributed by atoms with Crippen LogP contribution in [0.1, 0.15) is 28.8 Å². The molecule has 1 radical (unpaired) electrons. The number of nitrogens with zero attached hydrogens (tertiary/aromatic N) is 7. The van der Waals surface area contributed by atoms with Crippen molar-refractivity contribution >= 4 is 34.3 Å². The average Bonchev–Trinajstić information content (AvgIpc) is 3.80. The fourth-order valence-electron chi connectivity index (χ4n) is 5.23. The number of rotatable bonds is 14. The van der Waals surface area contributed by atoms with Crippen LogP contribution >= 0.6 is 11.6 Å². The Morgan fingerprint density at radius 1 is 1.17 bits per heavy atom. The molecule has 0 saturated heterocycles. The predicted molar refractivity (Wildman–Crippen MR) is 172 cm³/mol. The number of carbonyl (C=O) groups is 1. The van der Waals surface area contributed by atoms with Gasteiger partial charge >= 0.3 is 5.97 Å². The first kappa shape index (κ1) is 32.7. The molecule has 0 saturated carbocycles. The van der Waals surface area contributed by atoms with Crippen LogP contribution in [0.25, 0.3) is 16.4 Å². The van der Waals surface area contributed by atoms with Crippen molar-refractivity contribution in [1.29, 1.82) is 0 Å². The Hall–Kier alpha value is -5.65. The molecule has 0 amide bonds. The molecule has 4 heterocycles. The molecular weight excluding hydrogens is 862 g/mol. The van der Waals surface area contributed by atoms with E-state index in [4.69, 9.17) is 35.5 Å². The fourth-order valence-corrected chi connectivity index (χ4v) is 5.34. The SMILES string of the molecule is [CH2-]CN([CH-]COC[N-]Cc1nc2ccc(C(=O)OC)cc2n1CCn1cccn1)c1cccc2c1OC(C)(c1ccc(Cl)cn1)O2.[Es]. The van der Waals surface area contributed by atoms with Crippen LogP contribution in [0.2, 0.25) is 5.02 Å². The minimum absolute atomic E-state index is 0. The Morgan fingerprint density at radius 3 is 2.79 bits per heavy atom. The first-order chi connectivity index (χ1) is 22.4. The average molecular weight is 895 g/mol. The maximum atomic E-state index is 12.2. The normalized spacial score (nSPS) is 15.1. The summed E-state index contributed by atoms with van der Waals surface area (Å²) in [5.41, 5.74) is 3.45. The van der Waals surface area contributed by atoms with E-state index in [0.717, 1.165) is 22.5 Å². The van der Waals surface area contributed by atoms with Gasteiger partial charge in [-0.2, -0.15) is 5.10 Å². The van der Waals surface area contributed by atoms with Crippen LogP contribution < -0.4 is 14.4 Å². The van der Waals surface area contributed by atoms with Gasteiger partial charge in [-0.3, -0.25) is 9.67 Å². The molecule has 0 N–H and O–H groups in total. The number of aryl methyl sites for hydroxylation is 2. The van der Waals surface area contributed by atoms with E-state index < -0.39 is 11.8 Å². The van der Waals surface area contributed by atoms with E-state index in [1.165, 1.54) is 7.11 Å². The number of halogens is 1. The van der Waals surface area contributed by atoms with E-state index in [0.29, 0.717) is 54.0 Å². The topological polar surface area (TPSA) is 120 Å². The molecule has 0 bridgehead atoms. The van der Waals surface area contributed by atoms with Crippen LogP contribution in [0.4, 0.5) is 5.69 Å². The van der Waals surface area contributed by atoms with Crippen LogP contribution in [0, 0.1) is 13.5 Å². The van der Waals surface area contributed by atoms with Crippen molar-refractivity contribution in [1.82, 2.24) is 24.3 Å². The number of hydrogen-bond donors (Lipinski definition) is 0. The van der Waals surface area contributed by atoms with Crippen molar-refractivity contribution < 1.29 is 23.7 Å². The molecule has 1 aliphatic heterocycles. The molecule has 0 fully saturated rings. The van der Waals surface area contributed by atoms with Crippen LogP contribution in [0.15, 0.2) is 73.2 Å². The van der Waals surface area contributed by atoms with Gasteiger partial charge in [-0.15, -0.1) is 6.54 Å². The number of aromatic nitrogens is 5. The minimum Gasteiger partial charge on any atom is -0.633 e. The summed E-state index contributed by atoms with van der Waals surface area (Å²) in [6.45, 7) is 10.2. The van der Waals surface area contributed by atoms with Gasteiger partial charge in [0.1, 0.15) is 5.69 Å². The number of ether oxygens (including phenoxy) is 4. The number of carbonyl (C=O) groups excluding carboxylic acids is 1. The summed E-state index contributed by atoms with van der Waals surface area (Å²) in [7, 11) is 1.37. The van der Waals surface area contributed by atoms with Crippen LogP contribution in [-0.4, -0.2) is 57.3 Å². The van der Waals surface area contributed by atoms with Gasteiger partial charge in [-0.1, -0.05) is 30.8 Å². The fraction of sp³-hybridized carbons (Fsp3) is 0.273. The molecule has 3 aromatic heterocycles. The second kappa shape index (κ2) is 14.2. The number of esters is 1. The molecule has 47 heavy (non-hydrogen) atoms. The second-order valence-corrected chi connectivity index (χ2v) is 11.0. The number of anilines is 1. The smallest absolute Gasteiger partial charge is 0.337 e. The summed E-state index contributed by atoms with van der Waals surface area (Å²) < 4.78 is 27.2. The zero-order valence-electron chi connectivity index (χ0n) is 25.8. The van der Waals surface area contributed by atoms with Gasteiger partial charge in [0.05, 0.1) is 46.8 Å². The maximum absolute atomic E-state index is 12.2. The molecule has 1 atom stereocenters. The molecule has 1 unspecified atom stereocenters. The third-order valence-corrected chi connectivity index (χ3v) is 7.74. The number of pyridine rings is 1. The molecule has 5 aromatic rings. The third-order valence-electron chi connectivity index (χ3n) is 7.51. The standard InChI is InChI=1S/C33H33ClN7O5.Es/c1-4-39(26-7-5-8-28-31(26)46-33(2,45-28)29-12-10-24(34)20-36-29)17-18-44-22-35-21-30-38-25-11-9-23(32(42)43-3)19-27(25)41(30)16-15-40-14-6-13-37-40;/h5-14,17,19-20H,1,4,15-16,18,21-22H2,2-3H3;/q-3;. The molecular formula is C33H33ClEsN7O5-3. The maximum Gasteiger partial charge on any atom is 0.337 e. The number of para-hydroxylation sites is 1. The third kappa shape index (κ3) is 6.96. The number of imidazole rings is 1. The zero-order valence-corrected chi connectivity index (χ0v) is 29.1. The Morgan fingerprint density at radius 2 is 2.04 bits per heavy atom. The molecule has 251 valence electrons. The molecule has 14 heteroatoms. The van der Waals surface area contributed by atoms with Gasteiger partial charge in [0.2, 0.25) is 0 Å². The van der Waals surface area contributed by atoms with Crippen molar-refractivity contribution in [2.45, 2.75) is 32.3 Å². The summed E-state index contributed by atoms with van der Waals surface area (Å²) in [5.74, 6) is 0.456. The Kier molecular flexibility index (Phi) is 9.88. The molecule has 2 aromatic carbocycles. The zero-order chi connectivity index (χ0) is 32.1. The van der Waals surface area contributed by atoms with Crippen molar-refractivity contribution in [3.63, 3.8) is 0 Å². The van der Waals surface area contributed by atoms with Crippen molar-refractivity contribution in [2.24, 2.45) is 0 Å². The van der Waals surface area contributed by atoms with E-state index in [9.17, 15) is 4.79 Å². The van der Waals surface area contributed by atoms with E-state index >= 15 is 0 Å². The van der Waals surface area contributed by atoms with Gasteiger partial charge in [-0.25, -0.2) is 16.3 Å². The van der Waals surface area contributed by atoms with E-state index in [-0.39, 0.29) is 13.3 Å². The number of hydrogen-bond acceptors (Lipinski definition) is 9. The Balaban J connectivity index is 0.00000433. The van der Waals surface area contributed by atoms with Gasteiger partial charge in [0, 0.05) is 32.1 Å². The van der Waals surface area contributed by atoms with Gasteiger partial charge in [0.25, 0.3) is 5.79 Å². The summed E-state index contributed by atoms with van der Waals surface area (Å²) in [6, 6.07) is 16.4. The van der Waals surface area contributed by atoms with E-state index in [1.54, 1.807) is 36.7 Å². The summed E-state index contributed by atoms with van der Waals surface area (Å²) >= 11 is 6.02. The quantitative estimate of drug-likeness (QED) is 0.0779. The molecule has 12 nitrogen and oxygen atoms in total. The van der Waals surface area contributed by atoms with Crippen LogP contribution in [-0.2, 0) is 34.9 Å².